The van der Waals surface area contributed by atoms with Crippen molar-refractivity contribution in [1.82, 2.24) is 14.9 Å². The number of alkyl halides is 2. The molecular formula is C110H92Br2N4O12. The Morgan fingerprint density at radius 3 is 1.00 bits per heavy atom. The van der Waals surface area contributed by atoms with E-state index in [1.807, 2.05) is 121 Å². The number of nitrogens with zero attached hydrogens (tertiary/aromatic N) is 4. The van der Waals surface area contributed by atoms with Gasteiger partial charge in [-0.1, -0.05) is 129 Å². The second-order valence-electron chi connectivity index (χ2n) is 32.5. The van der Waals surface area contributed by atoms with E-state index in [1.54, 1.807) is 71.2 Å². The maximum atomic E-state index is 10.4. The number of phenols is 5. The Bertz CT molecular complexity index is 7140. The van der Waals surface area contributed by atoms with Crippen LogP contribution in [0.4, 0.5) is 5.95 Å². The number of hydrogen-bond donors (Lipinski definition) is 5. The van der Waals surface area contributed by atoms with Gasteiger partial charge in [0.25, 0.3) is 0 Å². The molecule has 22 rings (SSSR count). The lowest BCUT2D eigenvalue weighted by atomic mass is 9.89. The molecule has 1 fully saturated rings. The van der Waals surface area contributed by atoms with Crippen LogP contribution in [0.25, 0.3) is 132 Å². The molecular weight excluding hydrogens is 1730 g/mol. The van der Waals surface area contributed by atoms with Crippen molar-refractivity contribution in [3.05, 3.63) is 330 Å². The summed E-state index contributed by atoms with van der Waals surface area (Å²) in [6, 6.07) is 90.3. The average molecular weight is 1820 g/mol. The first-order chi connectivity index (χ1) is 62.6. The highest BCUT2D eigenvalue weighted by Gasteiger charge is 2.31. The van der Waals surface area contributed by atoms with Gasteiger partial charge in [-0.2, -0.15) is 0 Å². The van der Waals surface area contributed by atoms with E-state index in [2.05, 4.69) is 173 Å². The van der Waals surface area contributed by atoms with Crippen LogP contribution in [0.5, 0.6) is 69.0 Å². The molecule has 1 saturated heterocycles. The van der Waals surface area contributed by atoms with Gasteiger partial charge in [0.2, 0.25) is 5.95 Å². The van der Waals surface area contributed by atoms with Gasteiger partial charge in [0.15, 0.2) is 0 Å². The molecule has 4 aliphatic carbocycles. The molecule has 1 aromatic heterocycles. The molecule has 16 nitrogen and oxygen atoms in total. The van der Waals surface area contributed by atoms with Crippen molar-refractivity contribution in [3.8, 4) is 158 Å². The monoisotopic (exact) mass is 1820 g/mol. The van der Waals surface area contributed by atoms with Gasteiger partial charge in [-0.05, 0) is 378 Å². The van der Waals surface area contributed by atoms with Crippen LogP contribution in [0.3, 0.4) is 0 Å². The predicted molar refractivity (Wildman–Crippen MR) is 520 cm³/mol. The van der Waals surface area contributed by atoms with Crippen molar-refractivity contribution in [2.45, 2.75) is 25.7 Å². The summed E-state index contributed by atoms with van der Waals surface area (Å²) in [6.45, 7) is 6.39. The molecule has 0 atom stereocenters. The third-order valence-corrected chi connectivity index (χ3v) is 25.5. The van der Waals surface area contributed by atoms with E-state index in [4.69, 9.17) is 33.2 Å². The van der Waals surface area contributed by atoms with E-state index in [9.17, 15) is 25.5 Å². The zero-order valence-corrected chi connectivity index (χ0v) is 74.3. The van der Waals surface area contributed by atoms with Gasteiger partial charge in [0.05, 0.1) is 41.7 Å². The van der Waals surface area contributed by atoms with E-state index >= 15 is 0 Å². The van der Waals surface area contributed by atoms with Gasteiger partial charge in [-0.25, -0.2) is 9.97 Å². The minimum atomic E-state index is 0.244. The van der Waals surface area contributed by atoms with Crippen LogP contribution in [-0.4, -0.2) is 132 Å². The second-order valence-corrected chi connectivity index (χ2v) is 34.1. The van der Waals surface area contributed by atoms with Crippen molar-refractivity contribution in [3.63, 3.8) is 0 Å². The molecule has 18 heteroatoms. The number of phenolic OH excluding ortho intramolecular Hbond substituents is 5. The molecule has 0 bridgehead atoms. The molecule has 0 spiro atoms. The van der Waals surface area contributed by atoms with Crippen molar-refractivity contribution >= 4 is 80.9 Å². The normalized spacial score (nSPS) is 12.8. The minimum absolute atomic E-state index is 0.244. The number of aromatic hydroxyl groups is 5. The molecule has 16 aromatic carbocycles. The molecule has 5 N–H and O–H groups in total. The summed E-state index contributed by atoms with van der Waals surface area (Å²) >= 11 is 6.84. The van der Waals surface area contributed by atoms with E-state index in [1.165, 1.54) is 83.1 Å². The van der Waals surface area contributed by atoms with Crippen LogP contribution < -0.4 is 38.1 Å². The SMILES string of the molecule is COc1ccc2c(c1)Cc1c-2cc2ccc(OC)cc2c1-c1cccc(O)c1.COc1ccc2c(c1)Cc1c-2cc2ccc(OC)cc2c1-c1cccc(OCCBr)c1.Oc1ccc2c(c1)Cc1c-2cc2ccc(O)cc2c1-c1cccc(OCCBr)c1.Oc1ccc2c(c1)Cc1c-2cc2ccc(O)cc2c1-c1cccc(OCCN2CCN(c3ncccn3)CC2)c1. The highest BCUT2D eigenvalue weighted by atomic mass is 79.9. The van der Waals surface area contributed by atoms with Gasteiger partial charge in [-0.3, -0.25) is 4.90 Å². The molecule has 638 valence electrons. The zero-order valence-electron chi connectivity index (χ0n) is 71.2. The number of aromatic nitrogens is 2. The summed E-state index contributed by atoms with van der Waals surface area (Å²) in [6.07, 6.45) is 6.75. The first-order valence-electron chi connectivity index (χ1n) is 42.8. The van der Waals surface area contributed by atoms with Crippen molar-refractivity contribution in [2.24, 2.45) is 0 Å². The van der Waals surface area contributed by atoms with Gasteiger partial charge in [-0.15, -0.1) is 0 Å². The number of ether oxygens (including phenoxy) is 7. The Hall–Kier alpha value is -14.0. The van der Waals surface area contributed by atoms with Crippen molar-refractivity contribution < 1.29 is 58.7 Å². The Balaban J connectivity index is 0.000000112. The van der Waals surface area contributed by atoms with Gasteiger partial charge < -0.3 is 63.6 Å². The van der Waals surface area contributed by atoms with Crippen molar-refractivity contribution in [1.29, 1.82) is 0 Å². The smallest absolute Gasteiger partial charge is 0.225 e. The lowest BCUT2D eigenvalue weighted by Crippen LogP contribution is -2.48. The summed E-state index contributed by atoms with van der Waals surface area (Å²) in [5.41, 5.74) is 28.4. The van der Waals surface area contributed by atoms with E-state index in [0.29, 0.717) is 19.8 Å². The van der Waals surface area contributed by atoms with E-state index in [-0.39, 0.29) is 28.7 Å². The molecule has 17 aromatic rings. The Morgan fingerprint density at radius 2 is 0.609 bits per heavy atom. The molecule has 0 unspecified atom stereocenters. The van der Waals surface area contributed by atoms with Crippen LogP contribution in [-0.2, 0) is 25.7 Å². The molecule has 0 radical (unpaired) electrons. The Morgan fingerprint density at radius 1 is 0.289 bits per heavy atom. The largest absolute Gasteiger partial charge is 0.508 e. The number of halogens is 2. The average Bonchev–Trinajstić information content (AvgIpc) is 1.59. The Kier molecular flexibility index (Phi) is 23.8. The van der Waals surface area contributed by atoms with Crippen LogP contribution in [0, 0.1) is 0 Å². The first-order valence-corrected chi connectivity index (χ1v) is 45.1. The quantitative estimate of drug-likeness (QED) is 0.0479. The number of rotatable bonds is 19. The lowest BCUT2D eigenvalue weighted by molar-refractivity contribution is 0.200. The highest BCUT2D eigenvalue weighted by molar-refractivity contribution is 9.09. The van der Waals surface area contributed by atoms with Gasteiger partial charge in [0.1, 0.15) is 75.6 Å². The van der Waals surface area contributed by atoms with Gasteiger partial charge in [0, 0.05) is 55.8 Å². The highest BCUT2D eigenvalue weighted by Crippen LogP contribution is 2.53. The number of fused-ring (bicyclic) bond motifs is 16. The van der Waals surface area contributed by atoms with E-state index < -0.39 is 0 Å². The zero-order chi connectivity index (χ0) is 87.6. The molecule has 1 aliphatic heterocycles. The topological polar surface area (TPSA) is 198 Å². The summed E-state index contributed by atoms with van der Waals surface area (Å²) in [5, 5.41) is 61.1. The van der Waals surface area contributed by atoms with Crippen LogP contribution >= 0.6 is 31.9 Å². The third kappa shape index (κ3) is 16.9. The summed E-state index contributed by atoms with van der Waals surface area (Å²) in [7, 11) is 6.81. The number of methoxy groups -OCH3 is 4. The summed E-state index contributed by atoms with van der Waals surface area (Å²) in [4.78, 5) is 13.4. The third-order valence-electron chi connectivity index (χ3n) is 24.9. The molecule has 2 heterocycles. The second kappa shape index (κ2) is 36.5. The minimum Gasteiger partial charge on any atom is -0.508 e. The fourth-order valence-electron chi connectivity index (χ4n) is 19.0. The van der Waals surface area contributed by atoms with Crippen molar-refractivity contribution in [2.75, 3.05) is 96.5 Å². The van der Waals surface area contributed by atoms with Crippen LogP contribution in [0.2, 0.25) is 0 Å². The summed E-state index contributed by atoms with van der Waals surface area (Å²) < 4.78 is 39.9. The maximum Gasteiger partial charge on any atom is 0.225 e. The first kappa shape index (κ1) is 83.5. The summed E-state index contributed by atoms with van der Waals surface area (Å²) in [5.74, 6) is 8.09. The number of piperazine rings is 1. The molecule has 0 saturated carbocycles. The Labute approximate surface area is 759 Å². The van der Waals surface area contributed by atoms with Gasteiger partial charge >= 0.3 is 0 Å². The van der Waals surface area contributed by atoms with Crippen LogP contribution in [0.15, 0.2) is 285 Å². The fourth-order valence-corrected chi connectivity index (χ4v) is 19.3. The lowest BCUT2D eigenvalue weighted by Gasteiger charge is -2.34. The number of hydrogen-bond acceptors (Lipinski definition) is 16. The van der Waals surface area contributed by atoms with E-state index in [0.717, 1.165) is 209 Å². The maximum absolute atomic E-state index is 10.4. The molecule has 128 heavy (non-hydrogen) atoms. The standard InChI is InChI=1S/C33H30N4O3.C27H23BrO3.C25H19BrO3.C25H20O3/c38-25-7-8-28-24(17-25)20-31-30(28)19-22-5-6-26(39)21-29(22)32(31)23-3-1-4-27(18-23)40-16-15-36-11-13-37(14-12-36)33-34-9-2-10-35-33;1-29-20-8-9-23-19(13-20)15-26-25(23)14-17-6-7-21(30-2)16-24(17)27(26)18-4-3-5-22(12-18)31-11-10-28;26-8-9-29-20-3-1-2-16(11-20)25-22-14-19(28)5-4-15(22)12-23-21-7-6-18(27)10-17(21)13-24(23)25;1-27-19-8-9-21-17(11-19)13-24-23(21)12-15-6-7-20(28-2)14-22(15)25(24)16-4-3-5-18(26)10-16/h1-10,17-19,21,38-39H,11-16,20H2;3-9,12-14,16H,10-11,15H2,1-2H3;1-7,10-12,14,27-28H,8-9,13H2;3-12,14,26H,13H2,1-2H3. The molecule has 0 amide bonds. The predicted octanol–water partition coefficient (Wildman–Crippen LogP) is 24.4. The number of benzene rings is 16. The van der Waals surface area contributed by atoms with Crippen LogP contribution in [0.1, 0.15) is 44.5 Å². The number of anilines is 1. The molecule has 5 aliphatic rings. The fraction of sp³-hybridized carbons (Fsp3) is 0.164.